The topological polar surface area (TPSA) is 28.5 Å². The lowest BCUT2D eigenvalue weighted by Crippen LogP contribution is -2.49. The Labute approximate surface area is 166 Å². The van der Waals surface area contributed by atoms with E-state index in [4.69, 9.17) is 0 Å². The molecule has 0 unspecified atom stereocenters. The van der Waals surface area contributed by atoms with Crippen LogP contribution in [0.15, 0.2) is 72.9 Å². The van der Waals surface area contributed by atoms with Crippen LogP contribution in [0, 0.1) is 6.92 Å². The molecule has 2 aliphatic rings. The van der Waals surface area contributed by atoms with E-state index in [0.717, 1.165) is 25.3 Å². The molecule has 3 heterocycles. The zero-order valence-corrected chi connectivity index (χ0v) is 16.2. The third kappa shape index (κ3) is 3.04. The second kappa shape index (κ2) is 6.95. The fourth-order valence-corrected chi connectivity index (χ4v) is 4.76. The van der Waals surface area contributed by atoms with E-state index >= 15 is 0 Å². The Hall–Kier alpha value is -2.85. The van der Waals surface area contributed by atoms with Gasteiger partial charge in [-0.3, -0.25) is 9.69 Å². The summed E-state index contributed by atoms with van der Waals surface area (Å²) >= 11 is 0. The largest absolute Gasteiger partial charge is 0.337 e. The molecule has 2 aromatic carbocycles. The first-order chi connectivity index (χ1) is 13.7. The van der Waals surface area contributed by atoms with Gasteiger partial charge in [0.25, 0.3) is 5.91 Å². The Morgan fingerprint density at radius 3 is 2.46 bits per heavy atom. The first-order valence-corrected chi connectivity index (χ1v) is 9.99. The van der Waals surface area contributed by atoms with Crippen LogP contribution in [0.3, 0.4) is 0 Å². The first-order valence-electron chi connectivity index (χ1n) is 9.99. The Morgan fingerprint density at radius 2 is 1.64 bits per heavy atom. The van der Waals surface area contributed by atoms with Gasteiger partial charge in [-0.25, -0.2) is 0 Å². The molecule has 28 heavy (non-hydrogen) atoms. The molecule has 0 saturated carbocycles. The number of aryl methyl sites for hydroxylation is 1. The second-order valence-corrected chi connectivity index (χ2v) is 8.04. The van der Waals surface area contributed by atoms with Crippen molar-refractivity contribution in [2.24, 2.45) is 0 Å². The Kier molecular flexibility index (Phi) is 4.29. The van der Waals surface area contributed by atoms with Gasteiger partial charge in [-0.15, -0.1) is 0 Å². The average Bonchev–Trinajstić information content (AvgIpc) is 3.33. The van der Waals surface area contributed by atoms with Crippen molar-refractivity contribution in [2.75, 3.05) is 13.1 Å². The number of fused-ring (bicyclic) bond motifs is 3. The fourth-order valence-electron chi connectivity index (χ4n) is 4.76. The molecule has 2 aliphatic heterocycles. The summed E-state index contributed by atoms with van der Waals surface area (Å²) in [6.45, 7) is 5.62. The molecule has 1 saturated heterocycles. The highest BCUT2D eigenvalue weighted by Gasteiger charge is 2.44. The minimum absolute atomic E-state index is 0.146. The van der Waals surface area contributed by atoms with Crippen molar-refractivity contribution in [3.63, 3.8) is 0 Å². The predicted octanol–water partition coefficient (Wildman–Crippen LogP) is 3.88. The maximum absolute atomic E-state index is 13.2. The molecule has 0 spiro atoms. The number of rotatable bonds is 4. The van der Waals surface area contributed by atoms with Crippen LogP contribution in [0.4, 0.5) is 0 Å². The van der Waals surface area contributed by atoms with E-state index in [1.54, 1.807) is 0 Å². The number of carbonyl (C=O) groups is 1. The van der Waals surface area contributed by atoms with E-state index in [2.05, 4.69) is 63.9 Å². The number of hydrogen-bond donors (Lipinski definition) is 0. The van der Waals surface area contributed by atoms with Crippen LogP contribution in [0.2, 0.25) is 0 Å². The summed E-state index contributed by atoms with van der Waals surface area (Å²) in [4.78, 5) is 17.8. The molecular formula is C24H25N3O. The minimum atomic E-state index is 0.146. The van der Waals surface area contributed by atoms with Crippen molar-refractivity contribution in [2.45, 2.75) is 32.1 Å². The van der Waals surface area contributed by atoms with Crippen molar-refractivity contribution in [1.29, 1.82) is 0 Å². The Bertz CT molecular complexity index is 994. The van der Waals surface area contributed by atoms with Gasteiger partial charge in [-0.1, -0.05) is 60.2 Å². The fraction of sp³-hybridized carbons (Fsp3) is 0.292. The minimum Gasteiger partial charge on any atom is -0.337 e. The first kappa shape index (κ1) is 17.3. The molecule has 1 fully saturated rings. The van der Waals surface area contributed by atoms with Crippen LogP contribution >= 0.6 is 0 Å². The van der Waals surface area contributed by atoms with E-state index in [-0.39, 0.29) is 11.9 Å². The average molecular weight is 371 g/mol. The maximum atomic E-state index is 13.2. The summed E-state index contributed by atoms with van der Waals surface area (Å²) in [5.41, 5.74) is 4.64. The number of carbonyl (C=O) groups excluding carboxylic acids is 1. The molecule has 5 rings (SSSR count). The standard InChI is InChI=1S/C24H25N3O/c1-18-7-5-10-20(13-18)14-25-16-22-23(17-25)27(15-19-8-3-2-4-9-19)24(28)21-11-6-12-26(21)22/h2-13,22-23H,14-17H2,1H3/t22-,23-/m0/s1. The van der Waals surface area contributed by atoms with Gasteiger partial charge >= 0.3 is 0 Å². The zero-order valence-electron chi connectivity index (χ0n) is 16.2. The number of aromatic nitrogens is 1. The number of benzene rings is 2. The van der Waals surface area contributed by atoms with Gasteiger partial charge in [0.15, 0.2) is 0 Å². The van der Waals surface area contributed by atoms with Gasteiger partial charge in [0.1, 0.15) is 5.69 Å². The SMILES string of the molecule is Cc1cccc(CN2C[C@H]3[C@H](C2)n2cccc2C(=O)N3Cc2ccccc2)c1. The van der Waals surface area contributed by atoms with Crippen LogP contribution in [0.5, 0.6) is 0 Å². The lowest BCUT2D eigenvalue weighted by molar-refractivity contribution is 0.0556. The van der Waals surface area contributed by atoms with Gasteiger partial charge < -0.3 is 9.47 Å². The van der Waals surface area contributed by atoms with Gasteiger partial charge in [0.2, 0.25) is 0 Å². The van der Waals surface area contributed by atoms with Gasteiger partial charge in [0.05, 0.1) is 12.1 Å². The summed E-state index contributed by atoms with van der Waals surface area (Å²) in [6, 6.07) is 23.5. The lowest BCUT2D eigenvalue weighted by atomic mass is 10.0. The number of likely N-dealkylation sites (tertiary alicyclic amines) is 1. The van der Waals surface area contributed by atoms with Crippen molar-refractivity contribution < 1.29 is 4.79 Å². The van der Waals surface area contributed by atoms with Crippen LogP contribution in [-0.2, 0) is 13.1 Å². The van der Waals surface area contributed by atoms with Gasteiger partial charge in [-0.2, -0.15) is 0 Å². The molecule has 0 bridgehead atoms. The molecule has 0 N–H and O–H groups in total. The molecule has 0 aliphatic carbocycles. The van der Waals surface area contributed by atoms with Gasteiger partial charge in [-0.05, 0) is 30.2 Å². The van der Waals surface area contributed by atoms with Crippen LogP contribution < -0.4 is 0 Å². The normalized spacial score (nSPS) is 21.6. The summed E-state index contributed by atoms with van der Waals surface area (Å²) in [7, 11) is 0. The summed E-state index contributed by atoms with van der Waals surface area (Å²) in [6.07, 6.45) is 2.07. The van der Waals surface area contributed by atoms with Crippen LogP contribution in [-0.4, -0.2) is 39.4 Å². The Morgan fingerprint density at radius 1 is 0.857 bits per heavy atom. The molecule has 2 atom stereocenters. The van der Waals surface area contributed by atoms with E-state index in [1.807, 2.05) is 30.3 Å². The van der Waals surface area contributed by atoms with Crippen LogP contribution in [0.25, 0.3) is 0 Å². The highest BCUT2D eigenvalue weighted by Crippen LogP contribution is 2.35. The molecule has 1 amide bonds. The molecule has 0 radical (unpaired) electrons. The number of hydrogen-bond acceptors (Lipinski definition) is 2. The molecule has 3 aromatic rings. The van der Waals surface area contributed by atoms with Crippen molar-refractivity contribution in [3.8, 4) is 0 Å². The van der Waals surface area contributed by atoms with Crippen molar-refractivity contribution >= 4 is 5.91 Å². The van der Waals surface area contributed by atoms with E-state index in [9.17, 15) is 4.79 Å². The van der Waals surface area contributed by atoms with E-state index in [1.165, 1.54) is 16.7 Å². The smallest absolute Gasteiger partial charge is 0.271 e. The quantitative estimate of drug-likeness (QED) is 0.696. The molecule has 4 heteroatoms. The zero-order chi connectivity index (χ0) is 19.1. The van der Waals surface area contributed by atoms with Crippen LogP contribution in [0.1, 0.15) is 33.2 Å². The predicted molar refractivity (Wildman–Crippen MR) is 110 cm³/mol. The third-order valence-electron chi connectivity index (χ3n) is 6.04. The summed E-state index contributed by atoms with van der Waals surface area (Å²) < 4.78 is 2.20. The lowest BCUT2D eigenvalue weighted by Gasteiger charge is -2.38. The molecule has 4 nitrogen and oxygen atoms in total. The highest BCUT2D eigenvalue weighted by molar-refractivity contribution is 5.94. The van der Waals surface area contributed by atoms with Crippen molar-refractivity contribution in [1.82, 2.24) is 14.4 Å². The molecule has 1 aromatic heterocycles. The number of amides is 1. The summed E-state index contributed by atoms with van der Waals surface area (Å²) in [5, 5.41) is 0. The highest BCUT2D eigenvalue weighted by atomic mass is 16.2. The molecule has 142 valence electrons. The van der Waals surface area contributed by atoms with E-state index < -0.39 is 0 Å². The molecular weight excluding hydrogens is 346 g/mol. The number of nitrogens with zero attached hydrogens (tertiary/aromatic N) is 3. The van der Waals surface area contributed by atoms with Gasteiger partial charge in [0, 0.05) is 32.4 Å². The monoisotopic (exact) mass is 371 g/mol. The van der Waals surface area contributed by atoms with Crippen molar-refractivity contribution in [3.05, 3.63) is 95.3 Å². The second-order valence-electron chi connectivity index (χ2n) is 8.04. The Balaban J connectivity index is 1.43. The summed E-state index contributed by atoms with van der Waals surface area (Å²) in [5.74, 6) is 0.146. The maximum Gasteiger partial charge on any atom is 0.271 e. The third-order valence-corrected chi connectivity index (χ3v) is 6.04. The van der Waals surface area contributed by atoms with E-state index in [0.29, 0.717) is 12.6 Å².